The van der Waals surface area contributed by atoms with Crippen LogP contribution in [0.2, 0.25) is 0 Å². The molecular formula is C10H14N2O2. The van der Waals surface area contributed by atoms with E-state index < -0.39 is 0 Å². The van der Waals surface area contributed by atoms with E-state index in [4.69, 9.17) is 15.5 Å². The van der Waals surface area contributed by atoms with Gasteiger partial charge in [-0.2, -0.15) is 0 Å². The van der Waals surface area contributed by atoms with Crippen LogP contribution in [-0.4, -0.2) is 18.7 Å². The number of hydrogen-bond donors (Lipinski definition) is 1. The first-order chi connectivity index (χ1) is 6.82. The van der Waals surface area contributed by atoms with Gasteiger partial charge in [0.1, 0.15) is 0 Å². The van der Waals surface area contributed by atoms with Crippen molar-refractivity contribution >= 4 is 0 Å². The Morgan fingerprint density at radius 1 is 1.57 bits per heavy atom. The minimum Gasteiger partial charge on any atom is -0.481 e. The van der Waals surface area contributed by atoms with E-state index in [0.717, 1.165) is 18.4 Å². The maximum Gasteiger partial charge on any atom is 0.216 e. The number of aromatic nitrogens is 1. The average molecular weight is 194 g/mol. The molecule has 0 aliphatic heterocycles. The third kappa shape index (κ3) is 1.47. The van der Waals surface area contributed by atoms with Gasteiger partial charge in [0, 0.05) is 17.2 Å². The van der Waals surface area contributed by atoms with Crippen LogP contribution in [0.5, 0.6) is 5.88 Å². The van der Waals surface area contributed by atoms with Gasteiger partial charge in [-0.1, -0.05) is 6.07 Å². The number of rotatable bonds is 4. The highest BCUT2D eigenvalue weighted by atomic mass is 16.6. The molecule has 2 rings (SSSR count). The topological polar surface area (TPSA) is 57.4 Å². The van der Waals surface area contributed by atoms with Crippen molar-refractivity contribution in [2.45, 2.75) is 18.3 Å². The minimum atomic E-state index is 0.0500. The second-order valence-electron chi connectivity index (χ2n) is 3.65. The molecule has 1 aromatic heterocycles. The van der Waals surface area contributed by atoms with Gasteiger partial charge in [0.05, 0.1) is 13.7 Å². The zero-order valence-corrected chi connectivity index (χ0v) is 8.19. The number of nitrogens with zero attached hydrogens (tertiary/aromatic N) is 1. The lowest BCUT2D eigenvalue weighted by Crippen LogP contribution is -2.19. The van der Waals surface area contributed by atoms with Crippen molar-refractivity contribution in [3.05, 3.63) is 23.9 Å². The molecule has 0 bridgehead atoms. The van der Waals surface area contributed by atoms with Gasteiger partial charge in [0.15, 0.2) is 0 Å². The number of pyridine rings is 1. The van der Waals surface area contributed by atoms with Crippen molar-refractivity contribution in [1.29, 1.82) is 0 Å². The molecule has 0 spiro atoms. The summed E-state index contributed by atoms with van der Waals surface area (Å²) in [4.78, 5) is 8.91. The van der Waals surface area contributed by atoms with Crippen LogP contribution in [0.25, 0.3) is 0 Å². The molecule has 0 radical (unpaired) electrons. The normalized spacial score (nSPS) is 17.9. The standard InChI is InChI=1S/C10H14N2O2/c1-13-9-8(3-2-6-12-9)10(4-5-10)7-14-11/h2-3,6H,4-5,7,11H2,1H3. The van der Waals surface area contributed by atoms with Gasteiger partial charge < -0.3 is 9.57 Å². The van der Waals surface area contributed by atoms with Crippen LogP contribution in [0.15, 0.2) is 18.3 Å². The second-order valence-corrected chi connectivity index (χ2v) is 3.65. The van der Waals surface area contributed by atoms with Gasteiger partial charge in [-0.15, -0.1) is 0 Å². The van der Waals surface area contributed by atoms with Crippen LogP contribution < -0.4 is 10.6 Å². The smallest absolute Gasteiger partial charge is 0.216 e. The summed E-state index contributed by atoms with van der Waals surface area (Å²) in [6.45, 7) is 0.537. The Hall–Kier alpha value is -1.13. The fraction of sp³-hybridized carbons (Fsp3) is 0.500. The van der Waals surface area contributed by atoms with Crippen LogP contribution >= 0.6 is 0 Å². The summed E-state index contributed by atoms with van der Waals surface area (Å²) < 4.78 is 5.21. The van der Waals surface area contributed by atoms with Gasteiger partial charge in [0.25, 0.3) is 0 Å². The fourth-order valence-corrected chi connectivity index (χ4v) is 1.76. The number of hydrogen-bond acceptors (Lipinski definition) is 4. The lowest BCUT2D eigenvalue weighted by molar-refractivity contribution is 0.115. The molecule has 4 nitrogen and oxygen atoms in total. The molecule has 0 amide bonds. The van der Waals surface area contributed by atoms with Gasteiger partial charge in [-0.3, -0.25) is 0 Å². The Bertz CT molecular complexity index is 324. The lowest BCUT2D eigenvalue weighted by atomic mass is 9.98. The van der Waals surface area contributed by atoms with Gasteiger partial charge in [0.2, 0.25) is 5.88 Å². The van der Waals surface area contributed by atoms with Crippen molar-refractivity contribution in [2.75, 3.05) is 13.7 Å². The third-order valence-electron chi connectivity index (χ3n) is 2.75. The molecular weight excluding hydrogens is 180 g/mol. The molecule has 4 heteroatoms. The highest BCUT2D eigenvalue weighted by molar-refractivity contribution is 5.38. The molecule has 1 saturated carbocycles. The summed E-state index contributed by atoms with van der Waals surface area (Å²) in [5.74, 6) is 5.80. The zero-order valence-electron chi connectivity index (χ0n) is 8.19. The van der Waals surface area contributed by atoms with Crippen LogP contribution in [0.4, 0.5) is 0 Å². The molecule has 0 unspecified atom stereocenters. The molecule has 76 valence electrons. The minimum absolute atomic E-state index is 0.0500. The van der Waals surface area contributed by atoms with Crippen molar-refractivity contribution in [2.24, 2.45) is 5.90 Å². The number of methoxy groups -OCH3 is 1. The highest BCUT2D eigenvalue weighted by Crippen LogP contribution is 2.50. The fourth-order valence-electron chi connectivity index (χ4n) is 1.76. The maximum absolute atomic E-state index is 5.21. The molecule has 1 aromatic rings. The molecule has 2 N–H and O–H groups in total. The van der Waals surface area contributed by atoms with E-state index in [1.165, 1.54) is 0 Å². The van der Waals surface area contributed by atoms with Crippen molar-refractivity contribution in [3.63, 3.8) is 0 Å². The first-order valence-corrected chi connectivity index (χ1v) is 4.63. The zero-order chi connectivity index (χ0) is 10.0. The predicted molar refractivity (Wildman–Crippen MR) is 51.8 cm³/mol. The Labute approximate surface area is 83.0 Å². The highest BCUT2D eigenvalue weighted by Gasteiger charge is 2.46. The van der Waals surface area contributed by atoms with E-state index in [0.29, 0.717) is 12.5 Å². The summed E-state index contributed by atoms with van der Waals surface area (Å²) in [5.41, 5.74) is 1.15. The van der Waals surface area contributed by atoms with Crippen LogP contribution in [0.1, 0.15) is 18.4 Å². The van der Waals surface area contributed by atoms with Crippen LogP contribution in [0.3, 0.4) is 0 Å². The predicted octanol–water partition coefficient (Wildman–Crippen LogP) is 1.01. The Morgan fingerprint density at radius 2 is 2.36 bits per heavy atom. The van der Waals surface area contributed by atoms with E-state index in [2.05, 4.69) is 4.98 Å². The maximum atomic E-state index is 5.21. The molecule has 0 aromatic carbocycles. The van der Waals surface area contributed by atoms with E-state index in [-0.39, 0.29) is 5.41 Å². The average Bonchev–Trinajstić information content (AvgIpc) is 2.99. The van der Waals surface area contributed by atoms with E-state index in [1.807, 2.05) is 12.1 Å². The summed E-state index contributed by atoms with van der Waals surface area (Å²) in [6, 6.07) is 3.94. The quantitative estimate of drug-likeness (QED) is 0.727. The first kappa shape index (κ1) is 9.43. The lowest BCUT2D eigenvalue weighted by Gasteiger charge is -2.15. The van der Waals surface area contributed by atoms with Crippen molar-refractivity contribution < 1.29 is 9.57 Å². The molecule has 1 fully saturated rings. The number of ether oxygens (including phenoxy) is 1. The summed E-state index contributed by atoms with van der Waals surface area (Å²) in [7, 11) is 1.63. The van der Waals surface area contributed by atoms with Crippen molar-refractivity contribution in [1.82, 2.24) is 4.98 Å². The molecule has 0 saturated heterocycles. The third-order valence-corrected chi connectivity index (χ3v) is 2.75. The van der Waals surface area contributed by atoms with Gasteiger partial charge in [-0.05, 0) is 18.9 Å². The summed E-state index contributed by atoms with van der Waals surface area (Å²) in [5, 5.41) is 0. The SMILES string of the molecule is COc1ncccc1C1(CON)CC1. The first-order valence-electron chi connectivity index (χ1n) is 4.63. The van der Waals surface area contributed by atoms with E-state index >= 15 is 0 Å². The largest absolute Gasteiger partial charge is 0.481 e. The summed E-state index contributed by atoms with van der Waals surface area (Å²) in [6.07, 6.45) is 3.90. The molecule has 1 heterocycles. The molecule has 0 atom stereocenters. The Kier molecular flexibility index (Phi) is 2.39. The molecule has 1 aliphatic carbocycles. The van der Waals surface area contributed by atoms with Crippen LogP contribution in [0, 0.1) is 0 Å². The van der Waals surface area contributed by atoms with Gasteiger partial charge >= 0.3 is 0 Å². The number of nitrogens with two attached hydrogens (primary N) is 1. The molecule has 1 aliphatic rings. The summed E-state index contributed by atoms with van der Waals surface area (Å²) >= 11 is 0. The van der Waals surface area contributed by atoms with Crippen molar-refractivity contribution in [3.8, 4) is 5.88 Å². The van der Waals surface area contributed by atoms with Gasteiger partial charge in [-0.25, -0.2) is 10.9 Å². The second kappa shape index (κ2) is 3.55. The van der Waals surface area contributed by atoms with Crippen LogP contribution in [-0.2, 0) is 10.3 Å². The van der Waals surface area contributed by atoms with E-state index in [1.54, 1.807) is 13.3 Å². The molecule has 14 heavy (non-hydrogen) atoms. The Balaban J connectivity index is 2.31. The monoisotopic (exact) mass is 194 g/mol. The Morgan fingerprint density at radius 3 is 2.93 bits per heavy atom. The van der Waals surface area contributed by atoms with E-state index in [9.17, 15) is 0 Å².